The predicted molar refractivity (Wildman–Crippen MR) is 106 cm³/mol. The monoisotopic (exact) mass is 374 g/mol. The summed E-state index contributed by atoms with van der Waals surface area (Å²) in [5, 5.41) is 3.45. The number of rotatable bonds is 5. The fourth-order valence-electron chi connectivity index (χ4n) is 5.42. The van der Waals surface area contributed by atoms with Crippen molar-refractivity contribution in [2.45, 2.75) is 44.4 Å². The number of carbonyl (C=O) groups excluding carboxylic acids is 1. The quantitative estimate of drug-likeness (QED) is 0.860. The molecule has 1 spiro atoms. The predicted octanol–water partition coefficient (Wildman–Crippen LogP) is 3.10. The summed E-state index contributed by atoms with van der Waals surface area (Å²) in [7, 11) is 1.82. The normalized spacial score (nSPS) is 31.7. The molecule has 0 radical (unpaired) electrons. The molecule has 2 aliphatic carbocycles. The van der Waals surface area contributed by atoms with Crippen LogP contribution in [0.1, 0.15) is 37.8 Å². The number of hydrogen-bond acceptors (Lipinski definition) is 4. The minimum atomic E-state index is -0.178. The number of carbonyl (C=O) groups is 1. The number of thioether (sulfide) groups is 1. The molecule has 0 bridgehead atoms. The fraction of sp³-hybridized carbons (Fsp3) is 0.667. The zero-order valence-electron chi connectivity index (χ0n) is 15.8. The first-order valence-corrected chi connectivity index (χ1v) is 11.0. The van der Waals surface area contributed by atoms with Crippen molar-refractivity contribution in [1.82, 2.24) is 10.2 Å². The minimum Gasteiger partial charge on any atom is -0.380 e. The summed E-state index contributed by atoms with van der Waals surface area (Å²) in [4.78, 5) is 15.8. The van der Waals surface area contributed by atoms with E-state index in [1.807, 2.05) is 37.1 Å². The molecule has 2 saturated carbocycles. The summed E-state index contributed by atoms with van der Waals surface area (Å²) >= 11 is 1.98. The first-order valence-electron chi connectivity index (χ1n) is 9.87. The lowest BCUT2D eigenvalue weighted by Crippen LogP contribution is -2.73. The van der Waals surface area contributed by atoms with Gasteiger partial charge in [0.05, 0.1) is 6.10 Å². The van der Waals surface area contributed by atoms with Crippen molar-refractivity contribution in [3.05, 3.63) is 35.9 Å². The second kappa shape index (κ2) is 7.53. The summed E-state index contributed by atoms with van der Waals surface area (Å²) in [6.45, 7) is 4.17. The topological polar surface area (TPSA) is 41.6 Å². The third-order valence-electron chi connectivity index (χ3n) is 6.80. The van der Waals surface area contributed by atoms with Crippen molar-refractivity contribution in [3.8, 4) is 0 Å². The highest BCUT2D eigenvalue weighted by Gasteiger charge is 2.63. The zero-order valence-corrected chi connectivity index (χ0v) is 16.6. The molecule has 3 fully saturated rings. The molecule has 1 aromatic rings. The van der Waals surface area contributed by atoms with E-state index in [1.54, 1.807) is 0 Å². The van der Waals surface area contributed by atoms with Gasteiger partial charge in [-0.25, -0.2) is 0 Å². The van der Waals surface area contributed by atoms with E-state index in [4.69, 9.17) is 4.74 Å². The van der Waals surface area contributed by atoms with E-state index in [-0.39, 0.29) is 23.4 Å². The highest BCUT2D eigenvalue weighted by molar-refractivity contribution is 7.99. The first kappa shape index (κ1) is 18.3. The summed E-state index contributed by atoms with van der Waals surface area (Å²) in [6.07, 6.45) is 3.90. The maximum absolute atomic E-state index is 13.4. The van der Waals surface area contributed by atoms with Crippen LogP contribution in [0.15, 0.2) is 30.3 Å². The highest BCUT2D eigenvalue weighted by atomic mass is 32.2. The average molecular weight is 375 g/mol. The number of hydrogen-bond donors (Lipinski definition) is 1. The second-order valence-corrected chi connectivity index (χ2v) is 9.27. The van der Waals surface area contributed by atoms with Gasteiger partial charge < -0.3 is 10.1 Å². The zero-order chi connectivity index (χ0) is 18.1. The Labute approximate surface area is 161 Å². The Hall–Kier alpha value is -1.04. The number of ether oxygens (including phenoxy) is 1. The van der Waals surface area contributed by atoms with Crippen LogP contribution in [-0.4, -0.2) is 54.7 Å². The molecule has 1 aliphatic heterocycles. The molecule has 1 saturated heterocycles. The Kier molecular flexibility index (Phi) is 5.31. The maximum Gasteiger partial charge on any atom is 0.242 e. The lowest BCUT2D eigenvalue weighted by molar-refractivity contribution is -0.203. The third kappa shape index (κ3) is 2.98. The van der Waals surface area contributed by atoms with E-state index >= 15 is 0 Å². The van der Waals surface area contributed by atoms with Gasteiger partial charge in [-0.05, 0) is 18.4 Å². The van der Waals surface area contributed by atoms with Crippen molar-refractivity contribution in [2.75, 3.05) is 31.7 Å². The third-order valence-corrected chi connectivity index (χ3v) is 7.74. The molecule has 1 N–H and O–H groups in total. The van der Waals surface area contributed by atoms with Crippen LogP contribution in [0.2, 0.25) is 0 Å². The van der Waals surface area contributed by atoms with Gasteiger partial charge in [0, 0.05) is 49.1 Å². The van der Waals surface area contributed by atoms with Gasteiger partial charge in [0.2, 0.25) is 5.91 Å². The second-order valence-electron chi connectivity index (χ2n) is 8.05. The smallest absolute Gasteiger partial charge is 0.242 e. The molecule has 4 nitrogen and oxygen atoms in total. The van der Waals surface area contributed by atoms with Gasteiger partial charge in [-0.1, -0.05) is 43.7 Å². The van der Waals surface area contributed by atoms with Gasteiger partial charge >= 0.3 is 0 Å². The van der Waals surface area contributed by atoms with Gasteiger partial charge in [0.1, 0.15) is 6.04 Å². The van der Waals surface area contributed by atoms with Crippen LogP contribution in [0.25, 0.3) is 0 Å². The van der Waals surface area contributed by atoms with Crippen molar-refractivity contribution in [2.24, 2.45) is 11.3 Å². The molecule has 26 heavy (non-hydrogen) atoms. The number of amides is 1. The van der Waals surface area contributed by atoms with E-state index in [2.05, 4.69) is 29.3 Å². The molecule has 1 aromatic carbocycles. The largest absolute Gasteiger partial charge is 0.380 e. The van der Waals surface area contributed by atoms with E-state index in [9.17, 15) is 4.79 Å². The van der Waals surface area contributed by atoms with Gasteiger partial charge in [0.15, 0.2) is 0 Å². The van der Waals surface area contributed by atoms with Crippen LogP contribution in [-0.2, 0) is 9.53 Å². The molecule has 5 heteroatoms. The summed E-state index contributed by atoms with van der Waals surface area (Å²) < 4.78 is 5.76. The van der Waals surface area contributed by atoms with Gasteiger partial charge in [-0.2, -0.15) is 11.8 Å². The number of benzene rings is 1. The van der Waals surface area contributed by atoms with Gasteiger partial charge in [0.25, 0.3) is 0 Å². The summed E-state index contributed by atoms with van der Waals surface area (Å²) in [5.74, 6) is 2.76. The van der Waals surface area contributed by atoms with Crippen LogP contribution >= 0.6 is 11.8 Å². The molecule has 0 aromatic heterocycles. The van der Waals surface area contributed by atoms with Crippen molar-refractivity contribution in [1.29, 1.82) is 0 Å². The number of methoxy groups -OCH3 is 1. The Morgan fingerprint density at radius 3 is 2.54 bits per heavy atom. The van der Waals surface area contributed by atoms with Crippen LogP contribution in [0.3, 0.4) is 0 Å². The molecule has 142 valence electrons. The molecule has 3 aliphatic rings. The van der Waals surface area contributed by atoms with Gasteiger partial charge in [-0.15, -0.1) is 0 Å². The number of nitrogens with one attached hydrogen (secondary N) is 1. The Bertz CT molecular complexity index is 628. The van der Waals surface area contributed by atoms with Crippen molar-refractivity contribution >= 4 is 17.7 Å². The summed E-state index contributed by atoms with van der Waals surface area (Å²) in [6, 6.07) is 10.3. The van der Waals surface area contributed by atoms with Crippen molar-refractivity contribution in [3.63, 3.8) is 0 Å². The SMILES string of the molecule is CO[C@@H]1[C@H](C)[C@@H](NC(=O)[C@H](c2ccccc2)N2CCSCC2)C12CCC2. The molecule has 0 unspecified atom stereocenters. The Balaban J connectivity index is 1.53. The molecular formula is C21H30N2O2S. The molecule has 1 heterocycles. The highest BCUT2D eigenvalue weighted by Crippen LogP contribution is 2.59. The number of nitrogens with zero attached hydrogens (tertiary/aromatic N) is 1. The fourth-order valence-corrected chi connectivity index (χ4v) is 6.35. The summed E-state index contributed by atoms with van der Waals surface area (Å²) in [5.41, 5.74) is 1.29. The molecule has 4 rings (SSSR count). The van der Waals surface area contributed by atoms with E-state index in [1.165, 1.54) is 19.3 Å². The van der Waals surface area contributed by atoms with Crippen LogP contribution in [0, 0.1) is 11.3 Å². The Morgan fingerprint density at radius 2 is 1.96 bits per heavy atom. The lowest BCUT2D eigenvalue weighted by atomic mass is 9.46. The average Bonchev–Trinajstić information content (AvgIpc) is 2.64. The maximum atomic E-state index is 13.4. The first-order chi connectivity index (χ1) is 12.7. The van der Waals surface area contributed by atoms with Crippen LogP contribution in [0.5, 0.6) is 0 Å². The van der Waals surface area contributed by atoms with E-state index in [0.29, 0.717) is 12.0 Å². The van der Waals surface area contributed by atoms with E-state index < -0.39 is 0 Å². The van der Waals surface area contributed by atoms with E-state index in [0.717, 1.165) is 30.2 Å². The van der Waals surface area contributed by atoms with Gasteiger partial charge in [-0.3, -0.25) is 9.69 Å². The van der Waals surface area contributed by atoms with Crippen molar-refractivity contribution < 1.29 is 9.53 Å². The van der Waals surface area contributed by atoms with Crippen LogP contribution in [0.4, 0.5) is 0 Å². The molecule has 4 atom stereocenters. The molecular weight excluding hydrogens is 344 g/mol. The Morgan fingerprint density at radius 1 is 1.27 bits per heavy atom. The molecule has 1 amide bonds. The standard InChI is InChI=1S/C21H30N2O2S/c1-15-18(21(9-6-10-21)19(15)25-2)22-20(24)17(16-7-4-3-5-8-16)23-11-13-26-14-12-23/h3-5,7-8,15,17-19H,6,9-14H2,1-2H3,(H,22,24)/t15-,17+,18-,19-/m1/s1. The minimum absolute atomic E-state index is 0.167. The lowest BCUT2D eigenvalue weighted by Gasteiger charge is -2.64. The van der Waals surface area contributed by atoms with Crippen LogP contribution < -0.4 is 5.32 Å².